The summed E-state index contributed by atoms with van der Waals surface area (Å²) in [5.74, 6) is 0.595. The van der Waals surface area contributed by atoms with E-state index in [0.29, 0.717) is 36.9 Å². The summed E-state index contributed by atoms with van der Waals surface area (Å²) in [4.78, 5) is 43.8. The van der Waals surface area contributed by atoms with Gasteiger partial charge in [-0.2, -0.15) is 16.7 Å². The van der Waals surface area contributed by atoms with E-state index < -0.39 is 6.04 Å². The van der Waals surface area contributed by atoms with Gasteiger partial charge in [0.05, 0.1) is 11.8 Å². The summed E-state index contributed by atoms with van der Waals surface area (Å²) in [6.07, 6.45) is 6.26. The van der Waals surface area contributed by atoms with Gasteiger partial charge in [0.25, 0.3) is 0 Å². The highest BCUT2D eigenvalue weighted by Gasteiger charge is 2.51. The smallest absolute Gasteiger partial charge is 0.243 e. The van der Waals surface area contributed by atoms with Crippen molar-refractivity contribution in [3.63, 3.8) is 0 Å². The monoisotopic (exact) mass is 394 g/mol. The fourth-order valence-electron chi connectivity index (χ4n) is 3.95. The molecule has 3 unspecified atom stereocenters. The van der Waals surface area contributed by atoms with Crippen LogP contribution in [0, 0.1) is 18.8 Å². The van der Waals surface area contributed by atoms with Gasteiger partial charge >= 0.3 is 0 Å². The number of nitrogens with zero attached hydrogens (tertiary/aromatic N) is 3. The molecular weight excluding hydrogens is 368 g/mol. The molecule has 1 saturated carbocycles. The average molecular weight is 394 g/mol. The van der Waals surface area contributed by atoms with Gasteiger partial charge in [-0.05, 0) is 38.2 Å². The number of imide groups is 1. The number of likely N-dealkylation sites (tertiary alicyclic amines) is 1. The average Bonchev–Trinajstić information content (AvgIpc) is 3.18. The van der Waals surface area contributed by atoms with Crippen LogP contribution in [0.15, 0.2) is 4.52 Å². The molecule has 1 aromatic heterocycles. The minimum absolute atomic E-state index is 0.168. The van der Waals surface area contributed by atoms with Gasteiger partial charge in [-0.3, -0.25) is 19.3 Å². The zero-order chi connectivity index (χ0) is 19.4. The summed E-state index contributed by atoms with van der Waals surface area (Å²) in [5.41, 5.74) is 0. The third-order valence-corrected chi connectivity index (χ3v) is 5.94. The number of hydrogen-bond acceptors (Lipinski definition) is 7. The van der Waals surface area contributed by atoms with Crippen LogP contribution in [0.4, 0.5) is 0 Å². The lowest BCUT2D eigenvalue weighted by atomic mass is 9.81. The van der Waals surface area contributed by atoms with E-state index in [1.807, 2.05) is 6.26 Å². The Morgan fingerprint density at radius 1 is 1.30 bits per heavy atom. The number of rotatable bonds is 8. The van der Waals surface area contributed by atoms with E-state index in [-0.39, 0.29) is 29.6 Å². The fraction of sp³-hybridized carbons (Fsp3) is 0.722. The Bertz CT molecular complexity index is 683. The van der Waals surface area contributed by atoms with E-state index in [2.05, 4.69) is 15.5 Å². The molecule has 3 amide bonds. The molecule has 3 rings (SSSR count). The molecule has 1 aliphatic carbocycles. The van der Waals surface area contributed by atoms with Crippen molar-refractivity contribution in [2.75, 3.05) is 18.6 Å². The molecule has 9 heteroatoms. The van der Waals surface area contributed by atoms with Crippen molar-refractivity contribution in [1.82, 2.24) is 20.4 Å². The van der Waals surface area contributed by atoms with E-state index in [0.717, 1.165) is 25.7 Å². The molecule has 1 aromatic rings. The summed E-state index contributed by atoms with van der Waals surface area (Å²) in [5, 5.41) is 6.54. The molecule has 8 nitrogen and oxygen atoms in total. The van der Waals surface area contributed by atoms with Gasteiger partial charge in [0, 0.05) is 13.0 Å². The number of aryl methyl sites for hydroxylation is 1. The molecule has 27 heavy (non-hydrogen) atoms. The SMILES string of the molecule is CSCCC(C(=O)NCCc1nc(C)no1)N1C(=O)C2CCCCC2C1=O. The second-order valence-corrected chi connectivity index (χ2v) is 8.10. The normalized spacial score (nSPS) is 23.4. The van der Waals surface area contributed by atoms with Crippen molar-refractivity contribution in [1.29, 1.82) is 0 Å². The van der Waals surface area contributed by atoms with Gasteiger partial charge in [0.2, 0.25) is 23.6 Å². The second-order valence-electron chi connectivity index (χ2n) is 7.12. The fourth-order valence-corrected chi connectivity index (χ4v) is 4.41. The molecule has 2 aliphatic rings. The first-order chi connectivity index (χ1) is 13.0. The lowest BCUT2D eigenvalue weighted by Crippen LogP contribution is -2.50. The van der Waals surface area contributed by atoms with Crippen LogP contribution in [0.25, 0.3) is 0 Å². The van der Waals surface area contributed by atoms with Gasteiger partial charge in [-0.15, -0.1) is 0 Å². The largest absolute Gasteiger partial charge is 0.354 e. The summed E-state index contributed by atoms with van der Waals surface area (Å²) < 4.78 is 5.04. The van der Waals surface area contributed by atoms with Gasteiger partial charge in [0.15, 0.2) is 5.82 Å². The molecule has 2 heterocycles. The number of thioether (sulfide) groups is 1. The predicted octanol–water partition coefficient (Wildman–Crippen LogP) is 1.33. The Hall–Kier alpha value is -1.90. The molecule has 0 bridgehead atoms. The first-order valence-electron chi connectivity index (χ1n) is 9.45. The van der Waals surface area contributed by atoms with Crippen molar-refractivity contribution < 1.29 is 18.9 Å². The Morgan fingerprint density at radius 3 is 2.52 bits per heavy atom. The number of fused-ring (bicyclic) bond motifs is 1. The van der Waals surface area contributed by atoms with Crippen LogP contribution in [0.2, 0.25) is 0 Å². The molecule has 0 radical (unpaired) electrons. The number of aromatic nitrogens is 2. The maximum atomic E-state index is 12.8. The number of carbonyl (C=O) groups excluding carboxylic acids is 3. The first kappa shape index (κ1) is 19.9. The van der Waals surface area contributed by atoms with Crippen LogP contribution in [0.1, 0.15) is 43.8 Å². The molecule has 1 saturated heterocycles. The van der Waals surface area contributed by atoms with E-state index in [4.69, 9.17) is 4.52 Å². The molecule has 3 atom stereocenters. The zero-order valence-electron chi connectivity index (χ0n) is 15.8. The summed E-state index contributed by atoms with van der Waals surface area (Å²) in [7, 11) is 0. The first-order valence-corrected chi connectivity index (χ1v) is 10.8. The Kier molecular flexibility index (Phi) is 6.51. The highest BCUT2D eigenvalue weighted by Crippen LogP contribution is 2.39. The van der Waals surface area contributed by atoms with Crippen LogP contribution < -0.4 is 5.32 Å². The Balaban J connectivity index is 1.66. The van der Waals surface area contributed by atoms with Crippen molar-refractivity contribution in [2.45, 2.75) is 51.5 Å². The topological polar surface area (TPSA) is 105 Å². The van der Waals surface area contributed by atoms with Crippen LogP contribution in [-0.4, -0.2) is 57.4 Å². The van der Waals surface area contributed by atoms with Crippen LogP contribution >= 0.6 is 11.8 Å². The minimum Gasteiger partial charge on any atom is -0.354 e. The minimum atomic E-state index is -0.743. The van der Waals surface area contributed by atoms with E-state index >= 15 is 0 Å². The van der Waals surface area contributed by atoms with E-state index in [1.165, 1.54) is 4.90 Å². The third-order valence-electron chi connectivity index (χ3n) is 5.29. The maximum Gasteiger partial charge on any atom is 0.243 e. The van der Waals surface area contributed by atoms with Crippen molar-refractivity contribution in [2.24, 2.45) is 11.8 Å². The predicted molar refractivity (Wildman–Crippen MR) is 99.8 cm³/mol. The molecular formula is C18H26N4O4S. The number of carbonyl (C=O) groups is 3. The van der Waals surface area contributed by atoms with Gasteiger partial charge in [0.1, 0.15) is 6.04 Å². The summed E-state index contributed by atoms with van der Waals surface area (Å²) >= 11 is 1.59. The van der Waals surface area contributed by atoms with Crippen LogP contribution in [-0.2, 0) is 20.8 Å². The number of nitrogens with one attached hydrogen (secondary N) is 1. The number of hydrogen-bond donors (Lipinski definition) is 1. The van der Waals surface area contributed by atoms with Crippen LogP contribution in [0.5, 0.6) is 0 Å². The van der Waals surface area contributed by atoms with Gasteiger partial charge in [-0.25, -0.2) is 0 Å². The summed E-state index contributed by atoms with van der Waals surface area (Å²) in [6, 6.07) is -0.743. The Morgan fingerprint density at radius 2 is 1.96 bits per heavy atom. The van der Waals surface area contributed by atoms with Crippen molar-refractivity contribution >= 4 is 29.5 Å². The zero-order valence-corrected chi connectivity index (χ0v) is 16.6. The van der Waals surface area contributed by atoms with E-state index in [1.54, 1.807) is 18.7 Å². The van der Waals surface area contributed by atoms with Gasteiger partial charge in [-0.1, -0.05) is 18.0 Å². The third kappa shape index (κ3) is 4.34. The molecule has 1 N–H and O–H groups in total. The Labute approximate surface area is 162 Å². The number of amides is 3. The standard InChI is InChI=1S/C18H26N4O4S/c1-11-20-15(26-21-11)7-9-19-16(23)14(8-10-27-2)22-17(24)12-5-3-4-6-13(12)18(22)25/h12-14H,3-10H2,1-2H3,(H,19,23). The van der Waals surface area contributed by atoms with E-state index in [9.17, 15) is 14.4 Å². The lowest BCUT2D eigenvalue weighted by molar-refractivity contribution is -0.148. The molecule has 2 fully saturated rings. The van der Waals surface area contributed by atoms with Crippen LogP contribution in [0.3, 0.4) is 0 Å². The molecule has 1 aliphatic heterocycles. The quantitative estimate of drug-likeness (QED) is 0.663. The highest BCUT2D eigenvalue weighted by molar-refractivity contribution is 7.98. The second kappa shape index (κ2) is 8.86. The molecule has 0 spiro atoms. The molecule has 0 aromatic carbocycles. The highest BCUT2D eigenvalue weighted by atomic mass is 32.2. The molecule has 148 valence electrons. The van der Waals surface area contributed by atoms with Gasteiger partial charge < -0.3 is 9.84 Å². The lowest BCUT2D eigenvalue weighted by Gasteiger charge is -2.25. The van der Waals surface area contributed by atoms with Crippen molar-refractivity contribution in [3.8, 4) is 0 Å². The van der Waals surface area contributed by atoms with Crippen molar-refractivity contribution in [3.05, 3.63) is 11.7 Å². The maximum absolute atomic E-state index is 12.8. The summed E-state index contributed by atoms with van der Waals surface area (Å²) in [6.45, 7) is 2.05.